The lowest BCUT2D eigenvalue weighted by molar-refractivity contribution is -0.132. The molecule has 5 nitrogen and oxygen atoms in total. The molecule has 3 aromatic rings. The van der Waals surface area contributed by atoms with Gasteiger partial charge in [0.15, 0.2) is 0 Å². The van der Waals surface area contributed by atoms with Crippen LogP contribution >= 0.6 is 11.6 Å². The van der Waals surface area contributed by atoms with Crippen molar-refractivity contribution >= 4 is 34.7 Å². The summed E-state index contributed by atoms with van der Waals surface area (Å²) in [6.45, 7) is 6.22. The molecule has 0 radical (unpaired) electrons. The Morgan fingerprint density at radius 2 is 1.76 bits per heavy atom. The Morgan fingerprint density at radius 1 is 1.03 bits per heavy atom. The number of hydrogen-bond acceptors (Lipinski definition) is 4. The summed E-state index contributed by atoms with van der Waals surface area (Å²) in [6.07, 6.45) is 0. The van der Waals surface area contributed by atoms with Crippen molar-refractivity contribution in [1.82, 2.24) is 0 Å². The molecule has 1 N–H and O–H groups in total. The van der Waals surface area contributed by atoms with Crippen LogP contribution in [0.15, 0.2) is 72.3 Å². The van der Waals surface area contributed by atoms with Crippen molar-refractivity contribution in [3.63, 3.8) is 0 Å². The molecule has 0 aromatic heterocycles. The minimum Gasteiger partial charge on any atom is -0.507 e. The number of halogens is 1. The van der Waals surface area contributed by atoms with E-state index in [1.54, 1.807) is 42.5 Å². The van der Waals surface area contributed by atoms with Crippen LogP contribution < -0.4 is 9.64 Å². The van der Waals surface area contributed by atoms with Gasteiger partial charge in [-0.3, -0.25) is 14.5 Å². The largest absolute Gasteiger partial charge is 0.507 e. The molecule has 1 aliphatic rings. The van der Waals surface area contributed by atoms with Gasteiger partial charge in [-0.2, -0.15) is 0 Å². The van der Waals surface area contributed by atoms with Gasteiger partial charge in [0.2, 0.25) is 0 Å². The van der Waals surface area contributed by atoms with Crippen LogP contribution in [0.2, 0.25) is 5.02 Å². The molecule has 0 aliphatic carbocycles. The number of amides is 1. The summed E-state index contributed by atoms with van der Waals surface area (Å²) in [5, 5.41) is 11.8. The number of ether oxygens (including phenoxy) is 1. The van der Waals surface area contributed by atoms with Gasteiger partial charge in [-0.1, -0.05) is 41.4 Å². The van der Waals surface area contributed by atoms with Gasteiger partial charge in [0.05, 0.1) is 18.2 Å². The summed E-state index contributed by atoms with van der Waals surface area (Å²) in [5.74, 6) is -0.957. The third-order valence-electron chi connectivity index (χ3n) is 5.66. The zero-order valence-corrected chi connectivity index (χ0v) is 19.4. The van der Waals surface area contributed by atoms with E-state index < -0.39 is 17.7 Å². The number of rotatable bonds is 5. The molecule has 0 bridgehead atoms. The van der Waals surface area contributed by atoms with E-state index in [0.717, 1.165) is 16.7 Å². The maximum atomic E-state index is 13.2. The zero-order chi connectivity index (χ0) is 23.7. The second kappa shape index (κ2) is 9.12. The minimum absolute atomic E-state index is 0.0455. The molecule has 6 heteroatoms. The fourth-order valence-electron chi connectivity index (χ4n) is 4.13. The highest BCUT2D eigenvalue weighted by Crippen LogP contribution is 2.42. The Kier molecular flexibility index (Phi) is 6.25. The Morgan fingerprint density at radius 3 is 2.39 bits per heavy atom. The van der Waals surface area contributed by atoms with Gasteiger partial charge in [0.1, 0.15) is 11.5 Å². The first-order valence-electron chi connectivity index (χ1n) is 10.7. The number of nitrogens with zero attached hydrogens (tertiary/aromatic N) is 1. The van der Waals surface area contributed by atoms with Gasteiger partial charge in [-0.15, -0.1) is 0 Å². The molecule has 1 fully saturated rings. The Balaban J connectivity index is 1.91. The molecule has 33 heavy (non-hydrogen) atoms. The van der Waals surface area contributed by atoms with E-state index in [-0.39, 0.29) is 11.3 Å². The predicted molar refractivity (Wildman–Crippen MR) is 130 cm³/mol. The van der Waals surface area contributed by atoms with E-state index in [9.17, 15) is 14.7 Å². The predicted octanol–water partition coefficient (Wildman–Crippen LogP) is 5.98. The number of anilines is 1. The first-order chi connectivity index (χ1) is 15.8. The molecule has 4 rings (SSSR count). The van der Waals surface area contributed by atoms with Crippen LogP contribution in [0.3, 0.4) is 0 Å². The molecular formula is C27H24ClNO4. The number of carbonyl (C=O) groups excluding carboxylic acids is 2. The first-order valence-corrected chi connectivity index (χ1v) is 11.1. The smallest absolute Gasteiger partial charge is 0.300 e. The molecule has 1 aliphatic heterocycles. The zero-order valence-electron chi connectivity index (χ0n) is 18.6. The quantitative estimate of drug-likeness (QED) is 0.288. The van der Waals surface area contributed by atoms with Gasteiger partial charge < -0.3 is 9.84 Å². The highest BCUT2D eigenvalue weighted by molar-refractivity contribution is 6.51. The van der Waals surface area contributed by atoms with Gasteiger partial charge in [0, 0.05) is 16.3 Å². The van der Waals surface area contributed by atoms with Crippen LogP contribution in [0.25, 0.3) is 5.76 Å². The SMILES string of the molecule is CCOc1ccc(/C(O)=C2/C(=O)C(=O)N(c3ccc(Cl)cc3)C2c2cccc(C)c2)cc1C. The number of carbonyl (C=O) groups is 2. The molecule has 1 atom stereocenters. The van der Waals surface area contributed by atoms with Gasteiger partial charge >= 0.3 is 0 Å². The number of aryl methyl sites for hydroxylation is 2. The number of aliphatic hydroxyl groups is 1. The first kappa shape index (κ1) is 22.6. The Labute approximate surface area is 197 Å². The molecule has 0 spiro atoms. The van der Waals surface area contributed by atoms with E-state index in [2.05, 4.69) is 0 Å². The van der Waals surface area contributed by atoms with E-state index in [0.29, 0.717) is 28.6 Å². The van der Waals surface area contributed by atoms with Gasteiger partial charge in [-0.25, -0.2) is 0 Å². The van der Waals surface area contributed by atoms with Crippen LogP contribution in [0.4, 0.5) is 5.69 Å². The molecule has 0 saturated carbocycles. The number of benzene rings is 3. The number of aliphatic hydroxyl groups excluding tert-OH is 1. The topological polar surface area (TPSA) is 66.8 Å². The maximum absolute atomic E-state index is 13.2. The summed E-state index contributed by atoms with van der Waals surface area (Å²) in [7, 11) is 0. The van der Waals surface area contributed by atoms with Crippen molar-refractivity contribution in [3.05, 3.63) is 99.6 Å². The average Bonchev–Trinajstić information content (AvgIpc) is 3.06. The molecule has 1 saturated heterocycles. The van der Waals surface area contributed by atoms with Crippen LogP contribution in [0.5, 0.6) is 5.75 Å². The summed E-state index contributed by atoms with van der Waals surface area (Å²) < 4.78 is 5.59. The van der Waals surface area contributed by atoms with E-state index >= 15 is 0 Å². The normalized spacial score (nSPS) is 17.5. The van der Waals surface area contributed by atoms with Crippen molar-refractivity contribution < 1.29 is 19.4 Å². The standard InChI is InChI=1S/C27H24ClNO4/c1-4-33-22-13-8-19(15-17(22)3)25(30)23-24(18-7-5-6-16(2)14-18)29(27(32)26(23)31)21-11-9-20(28)10-12-21/h5-15,24,30H,4H2,1-3H3/b25-23-. The summed E-state index contributed by atoms with van der Waals surface area (Å²) >= 11 is 6.04. The minimum atomic E-state index is -0.780. The second-order valence-corrected chi connectivity index (χ2v) is 8.41. The lowest BCUT2D eigenvalue weighted by atomic mass is 9.94. The molecule has 1 heterocycles. The van der Waals surface area contributed by atoms with Crippen LogP contribution in [-0.4, -0.2) is 23.4 Å². The number of Topliss-reactive ketones (excluding diaryl/α,β-unsaturated/α-hetero) is 1. The van der Waals surface area contributed by atoms with Crippen molar-refractivity contribution in [2.45, 2.75) is 26.8 Å². The van der Waals surface area contributed by atoms with Gasteiger partial charge in [0.25, 0.3) is 11.7 Å². The Bertz CT molecular complexity index is 1260. The fraction of sp³-hybridized carbons (Fsp3) is 0.185. The summed E-state index contributed by atoms with van der Waals surface area (Å²) in [4.78, 5) is 27.8. The van der Waals surface area contributed by atoms with Gasteiger partial charge in [-0.05, 0) is 74.4 Å². The molecule has 3 aromatic carbocycles. The molecule has 168 valence electrons. The van der Waals surface area contributed by atoms with Crippen molar-refractivity contribution in [1.29, 1.82) is 0 Å². The third kappa shape index (κ3) is 4.24. The van der Waals surface area contributed by atoms with Crippen LogP contribution in [0.1, 0.15) is 35.2 Å². The average molecular weight is 462 g/mol. The monoisotopic (exact) mass is 461 g/mol. The number of ketones is 1. The van der Waals surface area contributed by atoms with Crippen molar-refractivity contribution in [3.8, 4) is 5.75 Å². The van der Waals surface area contributed by atoms with E-state index in [4.69, 9.17) is 16.3 Å². The lowest BCUT2D eigenvalue weighted by Crippen LogP contribution is -2.29. The van der Waals surface area contributed by atoms with Crippen molar-refractivity contribution in [2.75, 3.05) is 11.5 Å². The van der Waals surface area contributed by atoms with E-state index in [1.807, 2.05) is 45.0 Å². The Hall–Kier alpha value is -3.57. The summed E-state index contributed by atoms with van der Waals surface area (Å²) in [6, 6.07) is 18.7. The third-order valence-corrected chi connectivity index (χ3v) is 5.91. The van der Waals surface area contributed by atoms with Crippen LogP contribution in [-0.2, 0) is 9.59 Å². The molecule has 1 unspecified atom stereocenters. The lowest BCUT2D eigenvalue weighted by Gasteiger charge is -2.25. The maximum Gasteiger partial charge on any atom is 0.300 e. The van der Waals surface area contributed by atoms with Crippen LogP contribution in [0, 0.1) is 13.8 Å². The second-order valence-electron chi connectivity index (χ2n) is 7.97. The van der Waals surface area contributed by atoms with E-state index in [1.165, 1.54) is 4.90 Å². The number of hydrogen-bond donors (Lipinski definition) is 1. The summed E-state index contributed by atoms with van der Waals surface area (Å²) in [5.41, 5.74) is 3.54. The molecular weight excluding hydrogens is 438 g/mol. The highest BCUT2D eigenvalue weighted by atomic mass is 35.5. The highest BCUT2D eigenvalue weighted by Gasteiger charge is 2.47. The fourth-order valence-corrected chi connectivity index (χ4v) is 4.25. The molecule has 1 amide bonds. The van der Waals surface area contributed by atoms with Crippen molar-refractivity contribution in [2.24, 2.45) is 0 Å².